The van der Waals surface area contributed by atoms with Crippen LogP contribution in [0.4, 0.5) is 0 Å². The lowest BCUT2D eigenvalue weighted by atomic mass is 9.94. The zero-order chi connectivity index (χ0) is 17.1. The Morgan fingerprint density at radius 2 is 1.72 bits per heavy atom. The first-order chi connectivity index (χ1) is 12.3. The Morgan fingerprint density at radius 3 is 2.40 bits per heavy atom. The molecule has 1 N–H and O–H groups in total. The van der Waals surface area contributed by atoms with E-state index in [-0.39, 0.29) is 0 Å². The van der Waals surface area contributed by atoms with Crippen LogP contribution in [0.25, 0.3) is 16.9 Å². The normalized spacial score (nSPS) is 15.4. The smallest absolute Gasteiger partial charge is 0.0930 e. The fraction of sp³-hybridized carbons (Fsp3) is 0.286. The highest BCUT2D eigenvalue weighted by Gasteiger charge is 2.21. The summed E-state index contributed by atoms with van der Waals surface area (Å²) in [5, 5.41) is 8.44. The Hall–Kier alpha value is -1.66. The lowest BCUT2D eigenvalue weighted by Gasteiger charge is -2.23. The Bertz CT molecular complexity index is 818. The molecule has 1 aliphatic rings. The molecule has 0 saturated carbocycles. The number of para-hydroxylation sites is 1. The van der Waals surface area contributed by atoms with Gasteiger partial charge >= 0.3 is 0 Å². The van der Waals surface area contributed by atoms with Crippen LogP contribution in [0.5, 0.6) is 0 Å². The highest BCUT2D eigenvalue weighted by Crippen LogP contribution is 2.31. The number of hydrogen-bond acceptors (Lipinski definition) is 2. The van der Waals surface area contributed by atoms with Gasteiger partial charge in [0.1, 0.15) is 0 Å². The molecule has 1 aliphatic heterocycles. The van der Waals surface area contributed by atoms with Gasteiger partial charge in [-0.3, -0.25) is 0 Å². The average Bonchev–Trinajstić information content (AvgIpc) is 3.15. The van der Waals surface area contributed by atoms with Gasteiger partial charge in [0.05, 0.1) is 11.4 Å². The Kier molecular flexibility index (Phi) is 5.17. The van der Waals surface area contributed by atoms with Crippen LogP contribution in [0, 0.1) is 0 Å². The molecule has 0 spiro atoms. The van der Waals surface area contributed by atoms with E-state index in [1.54, 1.807) is 0 Å². The third-order valence-corrected chi connectivity index (χ3v) is 5.78. The van der Waals surface area contributed by atoms with Gasteiger partial charge in [0.2, 0.25) is 0 Å². The van der Waals surface area contributed by atoms with Crippen molar-refractivity contribution in [3.63, 3.8) is 0 Å². The minimum atomic E-state index is 0.566. The van der Waals surface area contributed by atoms with Crippen molar-refractivity contribution >= 4 is 22.6 Å². The van der Waals surface area contributed by atoms with Gasteiger partial charge in [-0.05, 0) is 49.7 Å². The Labute approximate surface area is 162 Å². The quantitative estimate of drug-likeness (QED) is 0.457. The largest absolute Gasteiger partial charge is 0.317 e. The monoisotopic (exact) mass is 443 g/mol. The molecule has 3 aromatic rings. The summed E-state index contributed by atoms with van der Waals surface area (Å²) in [5.74, 6) is 0.566. The second kappa shape index (κ2) is 7.70. The van der Waals surface area contributed by atoms with Crippen LogP contribution >= 0.6 is 22.6 Å². The number of nitrogens with zero attached hydrogens (tertiary/aromatic N) is 2. The fourth-order valence-electron chi connectivity index (χ4n) is 3.49. The summed E-state index contributed by atoms with van der Waals surface area (Å²) in [6, 6.07) is 21.6. The van der Waals surface area contributed by atoms with E-state index in [2.05, 4.69) is 93.3 Å². The number of nitrogens with one attached hydrogen (secondary N) is 1. The summed E-state index contributed by atoms with van der Waals surface area (Å²) in [7, 11) is 0. The van der Waals surface area contributed by atoms with E-state index in [4.69, 9.17) is 5.10 Å². The molecule has 128 valence electrons. The van der Waals surface area contributed by atoms with Gasteiger partial charge in [-0.15, -0.1) is 0 Å². The molecule has 0 bridgehead atoms. The van der Waals surface area contributed by atoms with Crippen molar-refractivity contribution in [3.05, 3.63) is 71.9 Å². The van der Waals surface area contributed by atoms with E-state index in [0.29, 0.717) is 5.92 Å². The van der Waals surface area contributed by atoms with Crippen LogP contribution in [-0.2, 0) is 4.43 Å². The van der Waals surface area contributed by atoms with Crippen LogP contribution in [-0.4, -0.2) is 22.9 Å². The zero-order valence-electron chi connectivity index (χ0n) is 14.2. The molecular weight excluding hydrogens is 421 g/mol. The van der Waals surface area contributed by atoms with Gasteiger partial charge in [0.25, 0.3) is 0 Å². The van der Waals surface area contributed by atoms with Crippen molar-refractivity contribution in [2.24, 2.45) is 0 Å². The standard InChI is InChI=1S/C21H22IN3/c22-15-16-6-8-17(9-7-16)20-14-21(18-10-12-23-13-11-18)25(24-20)19-4-2-1-3-5-19/h1-9,14,18,23H,10-13,15H2. The van der Waals surface area contributed by atoms with Gasteiger partial charge in [-0.1, -0.05) is 65.1 Å². The van der Waals surface area contributed by atoms with E-state index >= 15 is 0 Å². The van der Waals surface area contributed by atoms with Gasteiger partial charge in [0, 0.05) is 21.6 Å². The van der Waals surface area contributed by atoms with E-state index in [9.17, 15) is 0 Å². The molecule has 1 fully saturated rings. The van der Waals surface area contributed by atoms with Gasteiger partial charge < -0.3 is 5.32 Å². The summed E-state index contributed by atoms with van der Waals surface area (Å²) in [5.41, 5.74) is 6.09. The molecule has 3 nitrogen and oxygen atoms in total. The summed E-state index contributed by atoms with van der Waals surface area (Å²) < 4.78 is 3.19. The zero-order valence-corrected chi connectivity index (χ0v) is 16.3. The van der Waals surface area contributed by atoms with Gasteiger partial charge in [0.15, 0.2) is 0 Å². The van der Waals surface area contributed by atoms with Crippen molar-refractivity contribution < 1.29 is 0 Å². The van der Waals surface area contributed by atoms with E-state index < -0.39 is 0 Å². The summed E-state index contributed by atoms with van der Waals surface area (Å²) >= 11 is 2.40. The first-order valence-corrected chi connectivity index (χ1v) is 10.4. The van der Waals surface area contributed by atoms with Crippen molar-refractivity contribution in [3.8, 4) is 16.9 Å². The molecule has 4 heteroatoms. The number of alkyl halides is 1. The van der Waals surface area contributed by atoms with Crippen LogP contribution in [0.1, 0.15) is 30.0 Å². The molecule has 0 amide bonds. The third kappa shape index (κ3) is 3.65. The number of aromatic nitrogens is 2. The molecule has 0 aliphatic carbocycles. The van der Waals surface area contributed by atoms with Crippen LogP contribution in [0.2, 0.25) is 0 Å². The van der Waals surface area contributed by atoms with Gasteiger partial charge in [-0.2, -0.15) is 5.10 Å². The van der Waals surface area contributed by atoms with Crippen molar-refractivity contribution in [1.82, 2.24) is 15.1 Å². The van der Waals surface area contributed by atoms with Crippen LogP contribution in [0.15, 0.2) is 60.7 Å². The number of rotatable bonds is 4. The summed E-state index contributed by atoms with van der Waals surface area (Å²) in [6.07, 6.45) is 2.34. The first-order valence-electron chi connectivity index (χ1n) is 8.86. The summed E-state index contributed by atoms with van der Waals surface area (Å²) in [6.45, 7) is 2.18. The number of benzene rings is 2. The van der Waals surface area contributed by atoms with Gasteiger partial charge in [-0.25, -0.2) is 4.68 Å². The number of halogens is 1. The maximum Gasteiger partial charge on any atom is 0.0930 e. The molecule has 1 aromatic heterocycles. The molecule has 25 heavy (non-hydrogen) atoms. The molecule has 0 radical (unpaired) electrons. The predicted molar refractivity (Wildman–Crippen MR) is 112 cm³/mol. The number of piperidine rings is 1. The van der Waals surface area contributed by atoms with Crippen molar-refractivity contribution in [1.29, 1.82) is 0 Å². The fourth-order valence-corrected chi connectivity index (χ4v) is 3.99. The lowest BCUT2D eigenvalue weighted by molar-refractivity contribution is 0.446. The average molecular weight is 443 g/mol. The predicted octanol–water partition coefficient (Wildman–Crippen LogP) is 4.94. The van der Waals surface area contributed by atoms with Crippen molar-refractivity contribution in [2.45, 2.75) is 23.2 Å². The molecule has 0 unspecified atom stereocenters. The maximum absolute atomic E-state index is 4.98. The topological polar surface area (TPSA) is 29.9 Å². The summed E-state index contributed by atoms with van der Waals surface area (Å²) in [4.78, 5) is 0. The highest BCUT2D eigenvalue weighted by atomic mass is 127. The van der Waals surface area contributed by atoms with E-state index in [1.165, 1.54) is 29.7 Å². The molecule has 2 aromatic carbocycles. The maximum atomic E-state index is 4.98. The van der Waals surface area contributed by atoms with E-state index in [1.807, 2.05) is 0 Å². The minimum Gasteiger partial charge on any atom is -0.317 e. The first kappa shape index (κ1) is 16.8. The molecule has 4 rings (SSSR count). The third-order valence-electron chi connectivity index (χ3n) is 4.90. The lowest BCUT2D eigenvalue weighted by Crippen LogP contribution is -2.27. The number of hydrogen-bond donors (Lipinski definition) is 1. The van der Waals surface area contributed by atoms with Crippen LogP contribution < -0.4 is 5.32 Å². The van der Waals surface area contributed by atoms with Crippen LogP contribution in [0.3, 0.4) is 0 Å². The molecular formula is C21H22IN3. The molecule has 1 saturated heterocycles. The molecule has 0 atom stereocenters. The molecule has 2 heterocycles. The van der Waals surface area contributed by atoms with Crippen molar-refractivity contribution in [2.75, 3.05) is 13.1 Å². The second-order valence-electron chi connectivity index (χ2n) is 6.56. The SMILES string of the molecule is ICc1ccc(-c2cc(C3CCNCC3)n(-c3ccccc3)n2)cc1. The van der Waals surface area contributed by atoms with E-state index in [0.717, 1.165) is 28.9 Å². The Morgan fingerprint density at radius 1 is 1.00 bits per heavy atom. The minimum absolute atomic E-state index is 0.566. The highest BCUT2D eigenvalue weighted by molar-refractivity contribution is 14.1. The second-order valence-corrected chi connectivity index (χ2v) is 7.32. The Balaban J connectivity index is 1.76.